The van der Waals surface area contributed by atoms with Crippen LogP contribution in [-0.2, 0) is 4.79 Å². The Bertz CT molecular complexity index is 458. The molecule has 2 amide bonds. The minimum absolute atomic E-state index is 0.108. The number of fused-ring (bicyclic) bond motifs is 3. The van der Waals surface area contributed by atoms with Crippen molar-refractivity contribution in [3.05, 3.63) is 11.8 Å². The molecule has 5 heteroatoms. The molecule has 0 spiro atoms. The highest BCUT2D eigenvalue weighted by molar-refractivity contribution is 6.05. The fourth-order valence-electron chi connectivity index (χ4n) is 4.33. The number of nitrogens with zero attached hydrogens (tertiary/aromatic N) is 2. The second-order valence-corrected chi connectivity index (χ2v) is 6.19. The van der Waals surface area contributed by atoms with Crippen LogP contribution in [0.2, 0.25) is 0 Å². The fraction of sp³-hybridized carbons (Fsp3) is 0.714. The van der Waals surface area contributed by atoms with Crippen LogP contribution in [0.3, 0.4) is 0 Å². The summed E-state index contributed by atoms with van der Waals surface area (Å²) in [5, 5.41) is 9.37. The zero-order valence-electron chi connectivity index (χ0n) is 11.4. The number of carbonyl (C=O) groups excluding carboxylic acids is 1. The van der Waals surface area contributed by atoms with Gasteiger partial charge < -0.3 is 10.0 Å². The molecule has 1 saturated heterocycles. The number of hydrogen-bond donors (Lipinski definition) is 1. The lowest BCUT2D eigenvalue weighted by Gasteiger charge is -2.24. The van der Waals surface area contributed by atoms with Crippen molar-refractivity contribution >= 4 is 12.0 Å². The molecule has 1 aliphatic heterocycles. The summed E-state index contributed by atoms with van der Waals surface area (Å²) in [6, 6.07) is -0.108. The van der Waals surface area contributed by atoms with Crippen LogP contribution < -0.4 is 0 Å². The Balaban J connectivity index is 2.00. The maximum absolute atomic E-state index is 12.3. The lowest BCUT2D eigenvalue weighted by atomic mass is 9.94. The maximum Gasteiger partial charge on any atom is 0.414 e. The van der Waals surface area contributed by atoms with E-state index >= 15 is 0 Å². The summed E-state index contributed by atoms with van der Waals surface area (Å²) in [5.74, 6) is 0.802. The van der Waals surface area contributed by atoms with Crippen molar-refractivity contribution < 1.29 is 14.7 Å². The van der Waals surface area contributed by atoms with E-state index in [4.69, 9.17) is 0 Å². The Kier molecular flexibility index (Phi) is 2.80. The van der Waals surface area contributed by atoms with Gasteiger partial charge in [-0.3, -0.25) is 4.79 Å². The molecule has 2 saturated carbocycles. The van der Waals surface area contributed by atoms with Crippen LogP contribution in [0.15, 0.2) is 11.8 Å². The molecule has 1 N–H and O–H groups in total. The highest BCUT2D eigenvalue weighted by atomic mass is 16.4. The molecule has 4 atom stereocenters. The van der Waals surface area contributed by atoms with Gasteiger partial charge in [-0.05, 0) is 24.7 Å². The summed E-state index contributed by atoms with van der Waals surface area (Å²) in [6.07, 6.45) is 5.13. The molecular formula is C14H20N2O3. The van der Waals surface area contributed by atoms with Gasteiger partial charge in [-0.25, -0.2) is 9.69 Å². The van der Waals surface area contributed by atoms with E-state index in [0.717, 1.165) is 17.7 Å². The normalized spacial score (nSPS) is 38.7. The van der Waals surface area contributed by atoms with Crippen molar-refractivity contribution in [2.75, 3.05) is 14.1 Å². The van der Waals surface area contributed by atoms with Crippen LogP contribution >= 0.6 is 0 Å². The second kappa shape index (κ2) is 4.25. The molecule has 1 heterocycles. The minimum atomic E-state index is -1.09. The van der Waals surface area contributed by atoms with Crippen molar-refractivity contribution in [1.29, 1.82) is 0 Å². The van der Waals surface area contributed by atoms with Gasteiger partial charge in [0.2, 0.25) is 0 Å². The largest absolute Gasteiger partial charge is 0.465 e. The van der Waals surface area contributed by atoms with Crippen molar-refractivity contribution in [2.24, 2.45) is 17.8 Å². The summed E-state index contributed by atoms with van der Waals surface area (Å²) >= 11 is 0. The van der Waals surface area contributed by atoms with E-state index in [1.165, 1.54) is 12.8 Å². The number of rotatable bonds is 1. The number of carbonyl (C=O) groups is 2. The van der Waals surface area contributed by atoms with E-state index in [-0.39, 0.29) is 17.9 Å². The third-order valence-corrected chi connectivity index (χ3v) is 4.89. The third-order valence-electron chi connectivity index (χ3n) is 4.89. The Labute approximate surface area is 112 Å². The van der Waals surface area contributed by atoms with Crippen LogP contribution in [0.4, 0.5) is 4.79 Å². The molecule has 3 rings (SSSR count). The predicted octanol–water partition coefficient (Wildman–Crippen LogP) is 1.76. The van der Waals surface area contributed by atoms with E-state index in [1.807, 2.05) is 25.2 Å². The molecule has 0 bridgehead atoms. The highest BCUT2D eigenvalue weighted by Crippen LogP contribution is 2.54. The quantitative estimate of drug-likeness (QED) is 0.733. The van der Waals surface area contributed by atoms with Crippen molar-refractivity contribution in [1.82, 2.24) is 9.80 Å². The highest BCUT2D eigenvalue weighted by Gasteiger charge is 2.57. The molecule has 0 aromatic heterocycles. The monoisotopic (exact) mass is 264 g/mol. The SMILES string of the molecule is CN(C)C=C1C(=O)N(C(=O)O)[C@@H]2[C@H]3CCC[C@H]3C[C@H]12. The number of hydrogen-bond acceptors (Lipinski definition) is 3. The first-order valence-corrected chi connectivity index (χ1v) is 6.95. The number of amides is 2. The average Bonchev–Trinajstić information content (AvgIpc) is 2.92. The lowest BCUT2D eigenvalue weighted by Crippen LogP contribution is -2.41. The smallest absolute Gasteiger partial charge is 0.414 e. The summed E-state index contributed by atoms with van der Waals surface area (Å²) in [5.41, 5.74) is 0.687. The Hall–Kier alpha value is -1.52. The molecule has 5 nitrogen and oxygen atoms in total. The van der Waals surface area contributed by atoms with Gasteiger partial charge in [-0.15, -0.1) is 0 Å². The topological polar surface area (TPSA) is 60.9 Å². The molecule has 104 valence electrons. The Morgan fingerprint density at radius 1 is 1.42 bits per heavy atom. The van der Waals surface area contributed by atoms with Crippen molar-refractivity contribution in [3.8, 4) is 0 Å². The molecule has 19 heavy (non-hydrogen) atoms. The van der Waals surface area contributed by atoms with Gasteiger partial charge in [-0.1, -0.05) is 12.8 Å². The second-order valence-electron chi connectivity index (χ2n) is 6.19. The standard InChI is InChI=1S/C14H20N2O3/c1-15(2)7-11-10-6-8-4-3-5-9(8)12(10)16(13(11)17)14(18)19/h7-10,12H,3-6H2,1-2H3,(H,18,19)/t8-,9-,10+,12+/m0/s1. The van der Waals surface area contributed by atoms with Gasteiger partial charge in [0.05, 0.1) is 6.04 Å². The third kappa shape index (κ3) is 1.75. The zero-order valence-corrected chi connectivity index (χ0v) is 11.4. The first-order chi connectivity index (χ1) is 9.00. The van der Waals surface area contributed by atoms with Crippen LogP contribution in [0.5, 0.6) is 0 Å². The minimum Gasteiger partial charge on any atom is -0.465 e. The number of carboxylic acid groups (broad SMARTS) is 1. The van der Waals surface area contributed by atoms with E-state index in [1.54, 1.807) is 0 Å². The van der Waals surface area contributed by atoms with Crippen LogP contribution in [-0.4, -0.2) is 47.0 Å². The van der Waals surface area contributed by atoms with E-state index in [2.05, 4.69) is 0 Å². The molecule has 3 aliphatic rings. The average molecular weight is 264 g/mol. The molecular weight excluding hydrogens is 244 g/mol. The fourth-order valence-corrected chi connectivity index (χ4v) is 4.33. The molecule has 0 radical (unpaired) electrons. The van der Waals surface area contributed by atoms with Gasteiger partial charge in [0.1, 0.15) is 0 Å². The predicted molar refractivity (Wildman–Crippen MR) is 69.4 cm³/mol. The van der Waals surface area contributed by atoms with Gasteiger partial charge in [0.25, 0.3) is 5.91 Å². The Morgan fingerprint density at radius 2 is 2.16 bits per heavy atom. The van der Waals surface area contributed by atoms with Crippen LogP contribution in [0.1, 0.15) is 25.7 Å². The first-order valence-electron chi connectivity index (χ1n) is 6.95. The maximum atomic E-state index is 12.3. The van der Waals surface area contributed by atoms with Crippen molar-refractivity contribution in [2.45, 2.75) is 31.7 Å². The van der Waals surface area contributed by atoms with Gasteiger partial charge in [0.15, 0.2) is 0 Å². The van der Waals surface area contributed by atoms with Crippen LogP contribution in [0, 0.1) is 17.8 Å². The van der Waals surface area contributed by atoms with E-state index in [9.17, 15) is 14.7 Å². The molecule has 0 unspecified atom stereocenters. The molecule has 3 fully saturated rings. The lowest BCUT2D eigenvalue weighted by molar-refractivity contribution is -0.124. The van der Waals surface area contributed by atoms with Gasteiger partial charge >= 0.3 is 6.09 Å². The summed E-state index contributed by atoms with van der Waals surface area (Å²) in [6.45, 7) is 0. The molecule has 0 aromatic carbocycles. The Morgan fingerprint density at radius 3 is 2.79 bits per heavy atom. The molecule has 0 aromatic rings. The number of imide groups is 1. The first kappa shape index (κ1) is 12.5. The summed E-state index contributed by atoms with van der Waals surface area (Å²) in [7, 11) is 3.74. The number of likely N-dealkylation sites (tertiary alicyclic amines) is 1. The van der Waals surface area contributed by atoms with Crippen LogP contribution in [0.25, 0.3) is 0 Å². The summed E-state index contributed by atoms with van der Waals surface area (Å²) < 4.78 is 0. The zero-order chi connectivity index (χ0) is 13.7. The van der Waals surface area contributed by atoms with Crippen molar-refractivity contribution in [3.63, 3.8) is 0 Å². The van der Waals surface area contributed by atoms with E-state index < -0.39 is 6.09 Å². The van der Waals surface area contributed by atoms with Gasteiger partial charge in [0, 0.05) is 31.8 Å². The molecule has 2 aliphatic carbocycles. The van der Waals surface area contributed by atoms with E-state index in [0.29, 0.717) is 17.4 Å². The van der Waals surface area contributed by atoms with Gasteiger partial charge in [-0.2, -0.15) is 0 Å². The summed E-state index contributed by atoms with van der Waals surface area (Å²) in [4.78, 5) is 26.7.